The SMILES string of the molecule is COc1cc(Br)ccc1[C@H](N)CCCCN. The van der Waals surface area contributed by atoms with Crippen LogP contribution in [0.1, 0.15) is 30.9 Å². The number of hydrogen-bond acceptors (Lipinski definition) is 3. The Hall–Kier alpha value is -0.580. The Bertz CT molecular complexity index is 331. The van der Waals surface area contributed by atoms with E-state index in [0.29, 0.717) is 0 Å². The van der Waals surface area contributed by atoms with Gasteiger partial charge in [-0.05, 0) is 31.5 Å². The zero-order chi connectivity index (χ0) is 12.0. The van der Waals surface area contributed by atoms with Crippen LogP contribution < -0.4 is 16.2 Å². The van der Waals surface area contributed by atoms with Gasteiger partial charge in [0, 0.05) is 16.1 Å². The molecule has 1 rings (SSSR count). The smallest absolute Gasteiger partial charge is 0.124 e. The standard InChI is InChI=1S/C12H19BrN2O/c1-16-12-8-9(13)5-6-10(12)11(15)4-2-3-7-14/h5-6,8,11H,2-4,7,14-15H2,1H3/t11-/m1/s1. The van der Waals surface area contributed by atoms with Crippen molar-refractivity contribution in [3.05, 3.63) is 28.2 Å². The molecule has 1 aromatic rings. The lowest BCUT2D eigenvalue weighted by Gasteiger charge is -2.15. The van der Waals surface area contributed by atoms with Crippen molar-refractivity contribution in [3.8, 4) is 5.75 Å². The summed E-state index contributed by atoms with van der Waals surface area (Å²) in [4.78, 5) is 0. The van der Waals surface area contributed by atoms with E-state index in [9.17, 15) is 0 Å². The van der Waals surface area contributed by atoms with Gasteiger partial charge in [0.15, 0.2) is 0 Å². The number of benzene rings is 1. The van der Waals surface area contributed by atoms with Crippen molar-refractivity contribution in [2.75, 3.05) is 13.7 Å². The van der Waals surface area contributed by atoms with Gasteiger partial charge in [-0.25, -0.2) is 0 Å². The number of methoxy groups -OCH3 is 1. The van der Waals surface area contributed by atoms with E-state index in [1.54, 1.807) is 7.11 Å². The van der Waals surface area contributed by atoms with Gasteiger partial charge in [0.05, 0.1) is 7.11 Å². The third kappa shape index (κ3) is 3.77. The fourth-order valence-electron chi connectivity index (χ4n) is 1.66. The lowest BCUT2D eigenvalue weighted by molar-refractivity contribution is 0.403. The molecule has 0 heterocycles. The molecule has 0 saturated carbocycles. The van der Waals surface area contributed by atoms with Gasteiger partial charge in [0.25, 0.3) is 0 Å². The first-order valence-corrected chi connectivity index (χ1v) is 6.27. The quantitative estimate of drug-likeness (QED) is 0.790. The Kier molecular flexibility index (Phi) is 5.80. The first-order chi connectivity index (χ1) is 7.69. The molecular weight excluding hydrogens is 268 g/mol. The average Bonchev–Trinajstić information content (AvgIpc) is 2.29. The van der Waals surface area contributed by atoms with Crippen LogP contribution in [-0.4, -0.2) is 13.7 Å². The first kappa shape index (κ1) is 13.5. The number of nitrogens with two attached hydrogens (primary N) is 2. The average molecular weight is 287 g/mol. The molecule has 1 aromatic carbocycles. The first-order valence-electron chi connectivity index (χ1n) is 5.48. The van der Waals surface area contributed by atoms with Crippen molar-refractivity contribution in [3.63, 3.8) is 0 Å². The van der Waals surface area contributed by atoms with Gasteiger partial charge in [-0.3, -0.25) is 0 Å². The molecule has 3 nitrogen and oxygen atoms in total. The number of hydrogen-bond donors (Lipinski definition) is 2. The Morgan fingerprint density at radius 1 is 1.38 bits per heavy atom. The molecule has 0 fully saturated rings. The summed E-state index contributed by atoms with van der Waals surface area (Å²) in [5.41, 5.74) is 12.6. The fraction of sp³-hybridized carbons (Fsp3) is 0.500. The van der Waals surface area contributed by atoms with E-state index in [2.05, 4.69) is 15.9 Å². The zero-order valence-corrected chi connectivity index (χ0v) is 11.2. The van der Waals surface area contributed by atoms with Crippen LogP contribution >= 0.6 is 15.9 Å². The molecule has 0 unspecified atom stereocenters. The largest absolute Gasteiger partial charge is 0.496 e. The molecule has 90 valence electrons. The Morgan fingerprint density at radius 2 is 2.12 bits per heavy atom. The number of unbranched alkanes of at least 4 members (excludes halogenated alkanes) is 1. The Morgan fingerprint density at radius 3 is 2.75 bits per heavy atom. The molecule has 0 aromatic heterocycles. The number of rotatable bonds is 6. The van der Waals surface area contributed by atoms with Crippen molar-refractivity contribution in [1.29, 1.82) is 0 Å². The summed E-state index contributed by atoms with van der Waals surface area (Å²) in [5.74, 6) is 0.842. The van der Waals surface area contributed by atoms with Crippen LogP contribution in [0.4, 0.5) is 0 Å². The summed E-state index contributed by atoms with van der Waals surface area (Å²) in [5, 5.41) is 0. The minimum atomic E-state index is 0.0228. The van der Waals surface area contributed by atoms with Crippen LogP contribution in [0.25, 0.3) is 0 Å². The van der Waals surface area contributed by atoms with Crippen LogP contribution in [0, 0.1) is 0 Å². The van der Waals surface area contributed by atoms with Crippen LogP contribution in [0.5, 0.6) is 5.75 Å². The van der Waals surface area contributed by atoms with Gasteiger partial charge < -0.3 is 16.2 Å². The van der Waals surface area contributed by atoms with Gasteiger partial charge in [-0.1, -0.05) is 28.4 Å². The van der Waals surface area contributed by atoms with E-state index in [1.807, 2.05) is 18.2 Å². The van der Waals surface area contributed by atoms with Crippen molar-refractivity contribution >= 4 is 15.9 Å². The highest BCUT2D eigenvalue weighted by molar-refractivity contribution is 9.10. The van der Waals surface area contributed by atoms with Gasteiger partial charge in [-0.15, -0.1) is 0 Å². The molecule has 0 aliphatic rings. The summed E-state index contributed by atoms with van der Waals surface area (Å²) in [6.07, 6.45) is 3.01. The molecule has 0 spiro atoms. The van der Waals surface area contributed by atoms with Crippen molar-refractivity contribution in [2.45, 2.75) is 25.3 Å². The predicted molar refractivity (Wildman–Crippen MR) is 70.5 cm³/mol. The maximum absolute atomic E-state index is 6.13. The topological polar surface area (TPSA) is 61.3 Å². The highest BCUT2D eigenvalue weighted by Crippen LogP contribution is 2.29. The molecule has 16 heavy (non-hydrogen) atoms. The van der Waals surface area contributed by atoms with Crippen LogP contribution in [0.15, 0.2) is 22.7 Å². The second-order valence-electron chi connectivity index (χ2n) is 3.78. The van der Waals surface area contributed by atoms with Gasteiger partial charge in [0.2, 0.25) is 0 Å². The van der Waals surface area contributed by atoms with E-state index in [1.165, 1.54) is 0 Å². The minimum absolute atomic E-state index is 0.0228. The molecule has 0 radical (unpaired) electrons. The maximum atomic E-state index is 6.13. The number of ether oxygens (including phenoxy) is 1. The van der Waals surface area contributed by atoms with Crippen LogP contribution in [-0.2, 0) is 0 Å². The number of halogens is 1. The van der Waals surface area contributed by atoms with Crippen molar-refractivity contribution in [2.24, 2.45) is 11.5 Å². The van der Waals surface area contributed by atoms with Crippen LogP contribution in [0.2, 0.25) is 0 Å². The lowest BCUT2D eigenvalue weighted by atomic mass is 10.0. The normalized spacial score (nSPS) is 12.5. The lowest BCUT2D eigenvalue weighted by Crippen LogP contribution is -2.12. The van der Waals surface area contributed by atoms with Gasteiger partial charge in [0.1, 0.15) is 5.75 Å². The second-order valence-corrected chi connectivity index (χ2v) is 4.69. The molecule has 1 atom stereocenters. The molecular formula is C12H19BrN2O. The molecule has 0 aliphatic heterocycles. The fourth-order valence-corrected chi connectivity index (χ4v) is 2.00. The molecule has 0 saturated heterocycles. The van der Waals surface area contributed by atoms with Crippen molar-refractivity contribution < 1.29 is 4.74 Å². The molecule has 0 aliphatic carbocycles. The third-order valence-electron chi connectivity index (χ3n) is 2.56. The minimum Gasteiger partial charge on any atom is -0.496 e. The summed E-state index contributed by atoms with van der Waals surface area (Å²) < 4.78 is 6.32. The van der Waals surface area contributed by atoms with Gasteiger partial charge >= 0.3 is 0 Å². The second kappa shape index (κ2) is 6.89. The van der Waals surface area contributed by atoms with E-state index in [-0.39, 0.29) is 6.04 Å². The highest BCUT2D eigenvalue weighted by Gasteiger charge is 2.11. The molecule has 4 N–H and O–H groups in total. The van der Waals surface area contributed by atoms with E-state index < -0.39 is 0 Å². The van der Waals surface area contributed by atoms with E-state index in [0.717, 1.165) is 41.6 Å². The summed E-state index contributed by atoms with van der Waals surface area (Å²) in [6.45, 7) is 0.726. The molecule has 0 amide bonds. The van der Waals surface area contributed by atoms with Gasteiger partial charge in [-0.2, -0.15) is 0 Å². The zero-order valence-electron chi connectivity index (χ0n) is 9.58. The van der Waals surface area contributed by atoms with Crippen molar-refractivity contribution in [1.82, 2.24) is 0 Å². The third-order valence-corrected chi connectivity index (χ3v) is 3.06. The van der Waals surface area contributed by atoms with E-state index in [4.69, 9.17) is 16.2 Å². The van der Waals surface area contributed by atoms with Crippen LogP contribution in [0.3, 0.4) is 0 Å². The maximum Gasteiger partial charge on any atom is 0.124 e. The monoisotopic (exact) mass is 286 g/mol. The van der Waals surface area contributed by atoms with E-state index >= 15 is 0 Å². The highest BCUT2D eigenvalue weighted by atomic mass is 79.9. The Balaban J connectivity index is 2.70. The Labute approximate surface area is 105 Å². The predicted octanol–water partition coefficient (Wildman–Crippen LogP) is 2.59. The molecule has 4 heteroatoms. The summed E-state index contributed by atoms with van der Waals surface area (Å²) in [7, 11) is 1.66. The molecule has 0 bridgehead atoms. The summed E-state index contributed by atoms with van der Waals surface area (Å²) >= 11 is 3.41. The summed E-state index contributed by atoms with van der Waals surface area (Å²) in [6, 6.07) is 5.96.